The monoisotopic (exact) mass is 225 g/mol. The van der Waals surface area contributed by atoms with Crippen molar-refractivity contribution < 1.29 is 9.84 Å². The molecule has 0 atom stereocenters. The Hall–Kier alpha value is -1.33. The van der Waals surface area contributed by atoms with Crippen molar-refractivity contribution in [3.8, 4) is 0 Å². The van der Waals surface area contributed by atoms with Gasteiger partial charge in [-0.15, -0.1) is 0 Å². The summed E-state index contributed by atoms with van der Waals surface area (Å²) < 4.78 is 5.03. The molecule has 0 spiro atoms. The molecule has 0 fully saturated rings. The predicted molar refractivity (Wildman–Crippen MR) is 64.6 cm³/mol. The van der Waals surface area contributed by atoms with E-state index in [0.717, 1.165) is 11.4 Å². The second-order valence-electron chi connectivity index (χ2n) is 3.61. The van der Waals surface area contributed by atoms with Crippen LogP contribution in [0.4, 0.5) is 11.5 Å². The summed E-state index contributed by atoms with van der Waals surface area (Å²) in [7, 11) is 1.65. The number of aromatic nitrogens is 1. The fourth-order valence-corrected chi connectivity index (χ4v) is 1.57. The van der Waals surface area contributed by atoms with Gasteiger partial charge in [-0.05, 0) is 18.6 Å². The van der Waals surface area contributed by atoms with Crippen LogP contribution in [0.5, 0.6) is 0 Å². The first-order valence-electron chi connectivity index (χ1n) is 5.26. The van der Waals surface area contributed by atoms with Crippen LogP contribution in [-0.4, -0.2) is 43.5 Å². The number of aliphatic hydroxyl groups excluding tert-OH is 1. The Balaban J connectivity index is 2.82. The van der Waals surface area contributed by atoms with E-state index >= 15 is 0 Å². The summed E-state index contributed by atoms with van der Waals surface area (Å²) in [6.07, 6.45) is 1.62. The van der Waals surface area contributed by atoms with Gasteiger partial charge in [0, 0.05) is 20.2 Å². The summed E-state index contributed by atoms with van der Waals surface area (Å²) >= 11 is 0. The molecule has 0 unspecified atom stereocenters. The highest BCUT2D eigenvalue weighted by molar-refractivity contribution is 5.52. The van der Waals surface area contributed by atoms with Crippen molar-refractivity contribution in [3.63, 3.8) is 0 Å². The third kappa shape index (κ3) is 3.36. The number of hydrogen-bond acceptors (Lipinski definition) is 5. The van der Waals surface area contributed by atoms with E-state index in [4.69, 9.17) is 15.6 Å². The maximum Gasteiger partial charge on any atom is 0.131 e. The topological polar surface area (TPSA) is 71.6 Å². The molecule has 0 amide bonds. The zero-order chi connectivity index (χ0) is 12.0. The first kappa shape index (κ1) is 12.7. The van der Waals surface area contributed by atoms with Crippen molar-refractivity contribution in [2.75, 3.05) is 44.0 Å². The Morgan fingerprint density at radius 2 is 2.25 bits per heavy atom. The van der Waals surface area contributed by atoms with Crippen molar-refractivity contribution in [1.82, 2.24) is 4.98 Å². The van der Waals surface area contributed by atoms with Crippen molar-refractivity contribution in [1.29, 1.82) is 0 Å². The third-order valence-corrected chi connectivity index (χ3v) is 2.31. The number of methoxy groups -OCH3 is 1. The molecule has 1 rings (SSSR count). The molecule has 0 aromatic carbocycles. The zero-order valence-electron chi connectivity index (χ0n) is 9.81. The molecule has 0 radical (unpaired) electrons. The Bertz CT molecular complexity index is 331. The number of aryl methyl sites for hydroxylation is 1. The summed E-state index contributed by atoms with van der Waals surface area (Å²) in [6.45, 7) is 3.90. The summed E-state index contributed by atoms with van der Waals surface area (Å²) in [5, 5.41) is 9.01. The summed E-state index contributed by atoms with van der Waals surface area (Å²) in [5.74, 6) is 0.848. The van der Waals surface area contributed by atoms with Crippen LogP contribution >= 0.6 is 0 Å². The number of anilines is 2. The molecular weight excluding hydrogens is 206 g/mol. The minimum Gasteiger partial charge on any atom is -0.397 e. The lowest BCUT2D eigenvalue weighted by atomic mass is 10.2. The van der Waals surface area contributed by atoms with Crippen molar-refractivity contribution in [2.24, 2.45) is 0 Å². The second kappa shape index (κ2) is 6.30. The van der Waals surface area contributed by atoms with Crippen LogP contribution in [0.3, 0.4) is 0 Å². The van der Waals surface area contributed by atoms with E-state index in [9.17, 15) is 0 Å². The smallest absolute Gasteiger partial charge is 0.131 e. The van der Waals surface area contributed by atoms with Crippen LogP contribution in [0.1, 0.15) is 5.56 Å². The van der Waals surface area contributed by atoms with Gasteiger partial charge in [0.05, 0.1) is 25.1 Å². The van der Waals surface area contributed by atoms with Gasteiger partial charge in [-0.1, -0.05) is 0 Å². The largest absolute Gasteiger partial charge is 0.397 e. The van der Waals surface area contributed by atoms with Crippen LogP contribution < -0.4 is 10.6 Å². The number of nitrogen functional groups attached to an aromatic ring is 1. The van der Waals surface area contributed by atoms with Gasteiger partial charge in [-0.2, -0.15) is 0 Å². The summed E-state index contributed by atoms with van der Waals surface area (Å²) in [6, 6.07) is 1.87. The highest BCUT2D eigenvalue weighted by atomic mass is 16.5. The maximum absolute atomic E-state index is 9.01. The van der Waals surface area contributed by atoms with E-state index in [2.05, 4.69) is 4.98 Å². The van der Waals surface area contributed by atoms with Gasteiger partial charge in [0.25, 0.3) is 0 Å². The molecule has 5 heteroatoms. The number of nitrogens with zero attached hydrogens (tertiary/aromatic N) is 2. The fraction of sp³-hybridized carbons (Fsp3) is 0.545. The molecule has 0 aliphatic heterocycles. The van der Waals surface area contributed by atoms with Gasteiger partial charge in [0.2, 0.25) is 0 Å². The van der Waals surface area contributed by atoms with Crippen LogP contribution in [0.15, 0.2) is 12.3 Å². The van der Waals surface area contributed by atoms with E-state index in [1.54, 1.807) is 13.3 Å². The van der Waals surface area contributed by atoms with E-state index in [1.807, 2.05) is 17.9 Å². The third-order valence-electron chi connectivity index (χ3n) is 2.31. The number of ether oxygens (including phenoxy) is 1. The molecule has 0 saturated heterocycles. The molecule has 0 bridgehead atoms. The summed E-state index contributed by atoms with van der Waals surface area (Å²) in [5.41, 5.74) is 7.30. The SMILES string of the molecule is COCCN(CCO)c1ncc(N)cc1C. The zero-order valence-corrected chi connectivity index (χ0v) is 9.81. The van der Waals surface area contributed by atoms with Crippen molar-refractivity contribution in [3.05, 3.63) is 17.8 Å². The quantitative estimate of drug-likeness (QED) is 0.734. The van der Waals surface area contributed by atoms with Gasteiger partial charge in [-0.25, -0.2) is 4.98 Å². The molecule has 90 valence electrons. The van der Waals surface area contributed by atoms with Crippen molar-refractivity contribution in [2.45, 2.75) is 6.92 Å². The maximum atomic E-state index is 9.01. The lowest BCUT2D eigenvalue weighted by Gasteiger charge is -2.24. The van der Waals surface area contributed by atoms with E-state index in [-0.39, 0.29) is 6.61 Å². The number of nitrogens with two attached hydrogens (primary N) is 1. The van der Waals surface area contributed by atoms with Crippen LogP contribution in [0.2, 0.25) is 0 Å². The number of pyridine rings is 1. The van der Waals surface area contributed by atoms with Gasteiger partial charge >= 0.3 is 0 Å². The van der Waals surface area contributed by atoms with E-state index < -0.39 is 0 Å². The number of hydrogen-bond donors (Lipinski definition) is 2. The number of aliphatic hydroxyl groups is 1. The van der Waals surface area contributed by atoms with Gasteiger partial charge in [-0.3, -0.25) is 0 Å². The van der Waals surface area contributed by atoms with E-state index in [1.165, 1.54) is 0 Å². The minimum absolute atomic E-state index is 0.0925. The Morgan fingerprint density at radius 3 is 2.81 bits per heavy atom. The molecule has 1 aromatic heterocycles. The van der Waals surface area contributed by atoms with Gasteiger partial charge in [0.15, 0.2) is 0 Å². The lowest BCUT2D eigenvalue weighted by molar-refractivity contribution is 0.202. The van der Waals surface area contributed by atoms with Gasteiger partial charge in [0.1, 0.15) is 5.82 Å². The Kier molecular flexibility index (Phi) is 5.01. The molecule has 1 heterocycles. The lowest BCUT2D eigenvalue weighted by Crippen LogP contribution is -2.31. The highest BCUT2D eigenvalue weighted by Gasteiger charge is 2.10. The normalized spacial score (nSPS) is 10.4. The van der Waals surface area contributed by atoms with Gasteiger partial charge < -0.3 is 20.5 Å². The molecule has 0 saturated carbocycles. The first-order valence-corrected chi connectivity index (χ1v) is 5.26. The average Bonchev–Trinajstić information content (AvgIpc) is 2.25. The molecule has 1 aromatic rings. The van der Waals surface area contributed by atoms with Crippen LogP contribution in [0.25, 0.3) is 0 Å². The standard InChI is InChI=1S/C11H19N3O2/c1-9-7-10(12)8-13-11(9)14(3-5-15)4-6-16-2/h7-8,15H,3-6,12H2,1-2H3. The summed E-state index contributed by atoms with van der Waals surface area (Å²) in [4.78, 5) is 6.27. The Morgan fingerprint density at radius 1 is 1.50 bits per heavy atom. The predicted octanol–water partition coefficient (Wildman–Crippen LogP) is 0.417. The Labute approximate surface area is 95.8 Å². The van der Waals surface area contributed by atoms with Crippen molar-refractivity contribution >= 4 is 11.5 Å². The molecule has 0 aliphatic rings. The molecule has 16 heavy (non-hydrogen) atoms. The molecule has 3 N–H and O–H groups in total. The van der Waals surface area contributed by atoms with Crippen LogP contribution in [0, 0.1) is 6.92 Å². The second-order valence-corrected chi connectivity index (χ2v) is 3.61. The minimum atomic E-state index is 0.0925. The molecule has 0 aliphatic carbocycles. The van der Waals surface area contributed by atoms with Crippen LogP contribution in [-0.2, 0) is 4.74 Å². The number of rotatable bonds is 6. The average molecular weight is 225 g/mol. The molecular formula is C11H19N3O2. The highest BCUT2D eigenvalue weighted by Crippen LogP contribution is 2.18. The fourth-order valence-electron chi connectivity index (χ4n) is 1.57. The molecule has 5 nitrogen and oxygen atoms in total. The first-order chi connectivity index (χ1) is 7.69. The van der Waals surface area contributed by atoms with E-state index in [0.29, 0.717) is 25.4 Å².